The molecular weight excluding hydrogens is 488 g/mol. The van der Waals surface area contributed by atoms with Crippen LogP contribution in [0.15, 0.2) is 52.2 Å². The lowest BCUT2D eigenvalue weighted by Gasteiger charge is -2.22. The summed E-state index contributed by atoms with van der Waals surface area (Å²) in [6.45, 7) is 4.92. The molecule has 5 rings (SSSR count). The SMILES string of the molecule is CCN(c1cccc2cc(-c3ncc(CN4CCC[C@H]4COC)s3)[nH]c12)S(=O)(=O)c1cccs1. The number of aromatic nitrogens is 2. The average Bonchev–Trinajstić information content (AvgIpc) is 3.62. The van der Waals surface area contributed by atoms with Gasteiger partial charge in [-0.1, -0.05) is 18.2 Å². The van der Waals surface area contributed by atoms with Crippen molar-refractivity contribution in [2.75, 3.05) is 31.1 Å². The highest BCUT2D eigenvalue weighted by molar-refractivity contribution is 7.94. The quantitative estimate of drug-likeness (QED) is 0.332. The van der Waals surface area contributed by atoms with E-state index in [0.29, 0.717) is 22.5 Å². The number of thiophene rings is 1. The van der Waals surface area contributed by atoms with E-state index in [1.807, 2.05) is 31.3 Å². The van der Waals surface area contributed by atoms with Crippen LogP contribution in [0, 0.1) is 0 Å². The largest absolute Gasteiger partial charge is 0.383 e. The number of hydrogen-bond acceptors (Lipinski definition) is 7. The summed E-state index contributed by atoms with van der Waals surface area (Å²) in [7, 11) is -1.86. The molecule has 1 aliphatic rings. The molecule has 1 fully saturated rings. The Bertz CT molecular complexity index is 1360. The lowest BCUT2D eigenvalue weighted by molar-refractivity contribution is 0.112. The molecule has 1 aliphatic heterocycles. The highest BCUT2D eigenvalue weighted by Crippen LogP contribution is 2.35. The zero-order chi connectivity index (χ0) is 23.7. The number of nitrogens with one attached hydrogen (secondary N) is 1. The van der Waals surface area contributed by atoms with Gasteiger partial charge in [0.2, 0.25) is 0 Å². The van der Waals surface area contributed by atoms with E-state index in [1.54, 1.807) is 36.0 Å². The lowest BCUT2D eigenvalue weighted by Crippen LogP contribution is -2.32. The van der Waals surface area contributed by atoms with Gasteiger partial charge in [0, 0.05) is 42.7 Å². The first-order valence-electron chi connectivity index (χ1n) is 11.4. The van der Waals surface area contributed by atoms with Crippen molar-refractivity contribution >= 4 is 49.3 Å². The fourth-order valence-electron chi connectivity index (χ4n) is 4.64. The molecule has 4 heterocycles. The molecule has 1 saturated heterocycles. The second kappa shape index (κ2) is 9.79. The molecule has 0 aliphatic carbocycles. The zero-order valence-electron chi connectivity index (χ0n) is 19.2. The van der Waals surface area contributed by atoms with Gasteiger partial charge in [-0.3, -0.25) is 9.21 Å². The van der Waals surface area contributed by atoms with E-state index in [0.717, 1.165) is 41.3 Å². The molecule has 1 atom stereocenters. The lowest BCUT2D eigenvalue weighted by atomic mass is 10.2. The predicted molar refractivity (Wildman–Crippen MR) is 139 cm³/mol. The van der Waals surface area contributed by atoms with Crippen LogP contribution >= 0.6 is 22.7 Å². The van der Waals surface area contributed by atoms with Crippen LogP contribution in [0.2, 0.25) is 0 Å². The number of H-pyrrole nitrogens is 1. The maximum atomic E-state index is 13.3. The molecule has 0 spiro atoms. The maximum absolute atomic E-state index is 13.3. The molecule has 0 saturated carbocycles. The van der Waals surface area contributed by atoms with E-state index in [-0.39, 0.29) is 0 Å². The van der Waals surface area contributed by atoms with Crippen LogP contribution in [0.25, 0.3) is 21.6 Å². The van der Waals surface area contributed by atoms with E-state index >= 15 is 0 Å². The van der Waals surface area contributed by atoms with E-state index in [9.17, 15) is 8.42 Å². The van der Waals surface area contributed by atoms with Crippen LogP contribution in [0.3, 0.4) is 0 Å². The number of thiazole rings is 1. The number of benzene rings is 1. The normalized spacial score (nSPS) is 17.1. The predicted octanol–water partition coefficient (Wildman–Crippen LogP) is 5.18. The number of nitrogens with zero attached hydrogens (tertiary/aromatic N) is 3. The Balaban J connectivity index is 1.44. The van der Waals surface area contributed by atoms with Gasteiger partial charge in [-0.2, -0.15) is 0 Å². The molecule has 4 aromatic rings. The number of hydrogen-bond donors (Lipinski definition) is 1. The summed E-state index contributed by atoms with van der Waals surface area (Å²) >= 11 is 2.91. The zero-order valence-corrected chi connectivity index (χ0v) is 21.7. The van der Waals surface area contributed by atoms with Crippen molar-refractivity contribution in [1.29, 1.82) is 0 Å². The van der Waals surface area contributed by atoms with Crippen LogP contribution in [0.4, 0.5) is 5.69 Å². The summed E-state index contributed by atoms with van der Waals surface area (Å²) < 4.78 is 33.8. The van der Waals surface area contributed by atoms with Crippen molar-refractivity contribution in [3.8, 4) is 10.7 Å². The first-order chi connectivity index (χ1) is 16.5. The van der Waals surface area contributed by atoms with E-state index in [2.05, 4.69) is 20.9 Å². The molecule has 10 heteroatoms. The standard InChI is InChI=1S/C24H28N4O3S3/c1-3-28(34(29,30)22-10-6-12-32-22)21-9-4-7-17-13-20(26-23(17)21)24-25-14-19(33-24)15-27-11-5-8-18(27)16-31-2/h4,6-7,9-10,12-14,18,26H,3,5,8,11,15-16H2,1-2H3/t18-/m0/s1. The van der Waals surface area contributed by atoms with Gasteiger partial charge in [0.05, 0.1) is 23.5 Å². The van der Waals surface area contributed by atoms with E-state index < -0.39 is 10.0 Å². The molecule has 7 nitrogen and oxygen atoms in total. The fourth-order valence-corrected chi connectivity index (χ4v) is 8.14. The van der Waals surface area contributed by atoms with Crippen LogP contribution in [0.5, 0.6) is 0 Å². The smallest absolute Gasteiger partial charge is 0.273 e. The molecule has 34 heavy (non-hydrogen) atoms. The van der Waals surface area contributed by atoms with Gasteiger partial charge in [-0.25, -0.2) is 13.4 Å². The summed E-state index contributed by atoms with van der Waals surface area (Å²) in [5, 5.41) is 3.65. The minimum Gasteiger partial charge on any atom is -0.383 e. The van der Waals surface area contributed by atoms with Crippen LogP contribution in [-0.2, 0) is 21.3 Å². The third kappa shape index (κ3) is 4.40. The van der Waals surface area contributed by atoms with Gasteiger partial charge in [0.15, 0.2) is 0 Å². The van der Waals surface area contributed by atoms with Gasteiger partial charge in [0.1, 0.15) is 9.22 Å². The number of para-hydroxylation sites is 1. The molecule has 3 aromatic heterocycles. The van der Waals surface area contributed by atoms with Crippen molar-refractivity contribution in [3.63, 3.8) is 0 Å². The molecule has 180 valence electrons. The molecule has 1 aromatic carbocycles. The average molecular weight is 517 g/mol. The molecule has 0 amide bonds. The Hall–Kier alpha value is -2.24. The fraction of sp³-hybridized carbons (Fsp3) is 0.375. The number of rotatable bonds is 9. The van der Waals surface area contributed by atoms with Crippen molar-refractivity contribution in [2.24, 2.45) is 0 Å². The Morgan fingerprint density at radius 3 is 2.94 bits per heavy atom. The van der Waals surface area contributed by atoms with Crippen LogP contribution in [-0.4, -0.2) is 56.1 Å². The van der Waals surface area contributed by atoms with Gasteiger partial charge in [-0.05, 0) is 49.9 Å². The molecule has 1 N–H and O–H groups in total. The monoisotopic (exact) mass is 516 g/mol. The summed E-state index contributed by atoms with van der Waals surface area (Å²) in [4.78, 5) is 11.8. The summed E-state index contributed by atoms with van der Waals surface area (Å²) in [6, 6.07) is 11.7. The number of sulfonamides is 1. The first kappa shape index (κ1) is 23.5. The molecule has 0 unspecified atom stereocenters. The minimum atomic E-state index is -3.62. The summed E-state index contributed by atoms with van der Waals surface area (Å²) in [5.74, 6) is 0. The molecule has 0 bridgehead atoms. The Morgan fingerprint density at radius 1 is 1.29 bits per heavy atom. The topological polar surface area (TPSA) is 78.5 Å². The number of likely N-dealkylation sites (tertiary alicyclic amines) is 1. The number of fused-ring (bicyclic) bond motifs is 1. The van der Waals surface area contributed by atoms with Crippen molar-refractivity contribution in [2.45, 2.75) is 36.6 Å². The molecular formula is C24H28N4O3S3. The number of anilines is 1. The van der Waals surface area contributed by atoms with Gasteiger partial charge in [-0.15, -0.1) is 22.7 Å². The Kier molecular flexibility index (Phi) is 6.76. The number of methoxy groups -OCH3 is 1. The third-order valence-electron chi connectivity index (χ3n) is 6.23. The highest BCUT2D eigenvalue weighted by atomic mass is 32.2. The van der Waals surface area contributed by atoms with Crippen molar-refractivity contribution in [1.82, 2.24) is 14.9 Å². The second-order valence-electron chi connectivity index (χ2n) is 8.38. The van der Waals surface area contributed by atoms with E-state index in [1.165, 1.54) is 33.4 Å². The first-order valence-corrected chi connectivity index (χ1v) is 14.5. The van der Waals surface area contributed by atoms with Gasteiger partial charge in [0.25, 0.3) is 10.0 Å². The molecule has 0 radical (unpaired) electrons. The van der Waals surface area contributed by atoms with Crippen LogP contribution < -0.4 is 4.31 Å². The number of ether oxygens (including phenoxy) is 1. The van der Waals surface area contributed by atoms with Crippen molar-refractivity contribution < 1.29 is 13.2 Å². The minimum absolute atomic E-state index is 0.341. The third-order valence-corrected chi connectivity index (χ3v) is 10.5. The van der Waals surface area contributed by atoms with Crippen LogP contribution in [0.1, 0.15) is 24.6 Å². The summed E-state index contributed by atoms with van der Waals surface area (Å²) in [6.07, 6.45) is 4.33. The summed E-state index contributed by atoms with van der Waals surface area (Å²) in [5.41, 5.74) is 2.35. The highest BCUT2D eigenvalue weighted by Gasteiger charge is 2.27. The van der Waals surface area contributed by atoms with E-state index in [4.69, 9.17) is 4.74 Å². The van der Waals surface area contributed by atoms with Gasteiger partial charge >= 0.3 is 0 Å². The van der Waals surface area contributed by atoms with Gasteiger partial charge < -0.3 is 9.72 Å². The maximum Gasteiger partial charge on any atom is 0.273 e. The van der Waals surface area contributed by atoms with Crippen molar-refractivity contribution in [3.05, 3.63) is 52.9 Å². The Labute approximate surface area is 208 Å². The second-order valence-corrected chi connectivity index (χ2v) is 12.5. The Morgan fingerprint density at radius 2 is 2.18 bits per heavy atom. The number of aromatic amines is 1.